The first-order valence-corrected chi connectivity index (χ1v) is 18.8. The molecule has 9 atom stereocenters. The lowest BCUT2D eigenvalue weighted by atomic mass is 9.33. The minimum atomic E-state index is -0.461. The molecule has 8 nitrogen and oxygen atoms in total. The van der Waals surface area contributed by atoms with Crippen LogP contribution in [0.2, 0.25) is 0 Å². The maximum atomic E-state index is 14.3. The first-order chi connectivity index (χ1) is 22.4. The predicted octanol–water partition coefficient (Wildman–Crippen LogP) is 7.72. The van der Waals surface area contributed by atoms with Crippen LogP contribution in [0.25, 0.3) is 0 Å². The maximum Gasteiger partial charge on any atom is 0.305 e. The number of fused-ring (bicyclic) bond motifs is 7. The summed E-state index contributed by atoms with van der Waals surface area (Å²) in [7, 11) is 0. The Morgan fingerprint density at radius 2 is 1.56 bits per heavy atom. The summed E-state index contributed by atoms with van der Waals surface area (Å²) in [4.78, 5) is 50.5. The highest BCUT2D eigenvalue weighted by atomic mass is 16.6. The third kappa shape index (κ3) is 6.03. The summed E-state index contributed by atoms with van der Waals surface area (Å²) in [5, 5.41) is 3.29. The molecule has 0 spiro atoms. The van der Waals surface area contributed by atoms with E-state index in [2.05, 4.69) is 52.9 Å². The van der Waals surface area contributed by atoms with Crippen LogP contribution in [0.1, 0.15) is 139 Å². The van der Waals surface area contributed by atoms with Gasteiger partial charge in [0, 0.05) is 32.2 Å². The molecule has 4 saturated carbocycles. The number of allylic oxidation sites excluding steroid dienone is 2. The molecule has 0 aromatic carbocycles. The SMILES string of the molecule is CCOC(=O)CCCNC(=O)[C@]12CCC(C)(C)C[C@H]1C1=CC[C@@H]3[C@@]4(C)CC[C@H](OC(C)=O)[C@@](C)(COC(C)=O)[C@@H]4CC[C@@]3(C)[C@]1(C)CC2. The number of amides is 1. The molecule has 5 aliphatic carbocycles. The van der Waals surface area contributed by atoms with E-state index in [0.29, 0.717) is 31.9 Å². The summed E-state index contributed by atoms with van der Waals surface area (Å²) in [6.45, 7) is 20.3. The average molecular weight is 670 g/mol. The molecule has 270 valence electrons. The summed E-state index contributed by atoms with van der Waals surface area (Å²) >= 11 is 0. The van der Waals surface area contributed by atoms with Gasteiger partial charge >= 0.3 is 17.9 Å². The zero-order valence-electron chi connectivity index (χ0n) is 31.4. The Bertz CT molecular complexity index is 1320. The Balaban J connectivity index is 1.46. The lowest BCUT2D eigenvalue weighted by molar-refractivity contribution is -0.226. The second kappa shape index (κ2) is 13.1. The fraction of sp³-hybridized carbons (Fsp3) is 0.850. The fourth-order valence-corrected chi connectivity index (χ4v) is 12.1. The van der Waals surface area contributed by atoms with Crippen LogP contribution in [0.3, 0.4) is 0 Å². The van der Waals surface area contributed by atoms with Gasteiger partial charge in [-0.2, -0.15) is 0 Å². The smallest absolute Gasteiger partial charge is 0.305 e. The molecule has 1 amide bonds. The normalized spacial score (nSPS) is 41.2. The third-order valence-electron chi connectivity index (χ3n) is 14.9. The molecular formula is C40H63NO7. The first-order valence-electron chi connectivity index (χ1n) is 18.8. The van der Waals surface area contributed by atoms with Gasteiger partial charge in [0.25, 0.3) is 0 Å². The van der Waals surface area contributed by atoms with Crippen LogP contribution in [0.4, 0.5) is 0 Å². The Kier molecular flexibility index (Phi) is 10.0. The summed E-state index contributed by atoms with van der Waals surface area (Å²) in [5.74, 6) is 0.252. The van der Waals surface area contributed by atoms with E-state index in [1.54, 1.807) is 0 Å². The van der Waals surface area contributed by atoms with Crippen molar-refractivity contribution in [3.05, 3.63) is 11.6 Å². The number of carbonyl (C=O) groups is 4. The molecule has 0 saturated heterocycles. The predicted molar refractivity (Wildman–Crippen MR) is 184 cm³/mol. The molecule has 0 unspecified atom stereocenters. The zero-order valence-corrected chi connectivity index (χ0v) is 31.4. The Labute approximate surface area is 289 Å². The highest BCUT2D eigenvalue weighted by Gasteiger charge is 2.70. The number of hydrogen-bond donors (Lipinski definition) is 1. The van der Waals surface area contributed by atoms with E-state index in [1.165, 1.54) is 19.4 Å². The Hall–Kier alpha value is -2.38. The molecular weight excluding hydrogens is 606 g/mol. The zero-order chi connectivity index (χ0) is 35.3. The van der Waals surface area contributed by atoms with Gasteiger partial charge in [-0.15, -0.1) is 0 Å². The van der Waals surface area contributed by atoms with Crippen molar-refractivity contribution in [2.45, 2.75) is 145 Å². The van der Waals surface area contributed by atoms with Crippen LogP contribution in [-0.4, -0.2) is 49.7 Å². The molecule has 1 N–H and O–H groups in total. The number of nitrogens with one attached hydrogen (secondary N) is 1. The van der Waals surface area contributed by atoms with Crippen LogP contribution in [-0.2, 0) is 33.4 Å². The number of hydrogen-bond acceptors (Lipinski definition) is 7. The van der Waals surface area contributed by atoms with Gasteiger partial charge in [-0.1, -0.05) is 53.2 Å². The molecule has 5 aliphatic rings. The molecule has 4 fully saturated rings. The van der Waals surface area contributed by atoms with Crippen molar-refractivity contribution >= 4 is 23.8 Å². The summed E-state index contributed by atoms with van der Waals surface area (Å²) < 4.78 is 16.8. The average Bonchev–Trinajstić information content (AvgIpc) is 3.00. The molecule has 0 aliphatic heterocycles. The van der Waals surface area contributed by atoms with E-state index in [-0.39, 0.29) is 70.0 Å². The topological polar surface area (TPSA) is 108 Å². The van der Waals surface area contributed by atoms with Crippen molar-refractivity contribution in [1.29, 1.82) is 0 Å². The summed E-state index contributed by atoms with van der Waals surface area (Å²) in [6.07, 6.45) is 12.8. The van der Waals surface area contributed by atoms with Gasteiger partial charge < -0.3 is 19.5 Å². The highest BCUT2D eigenvalue weighted by Crippen LogP contribution is 2.76. The number of carbonyl (C=O) groups excluding carboxylic acids is 4. The van der Waals surface area contributed by atoms with E-state index >= 15 is 0 Å². The number of esters is 3. The standard InChI is InChI=1S/C40H63NO7/c1-10-46-33(44)12-11-23-41-34(45)40-21-19-35(4,5)24-29(40)28-13-14-31-36(6)17-16-32(48-27(3)43)37(7,25-47-26(2)42)30(36)15-18-39(31,9)38(28,8)20-22-40/h13,29-32H,10-12,14-25H2,1-9H3,(H,41,45)/t29-,30+,31+,32-,36-,37-,38+,39+,40-/m0/s1. The molecule has 8 heteroatoms. The van der Waals surface area contributed by atoms with Crippen molar-refractivity contribution in [3.63, 3.8) is 0 Å². The lowest BCUT2D eigenvalue weighted by Crippen LogP contribution is -2.66. The second-order valence-corrected chi connectivity index (χ2v) is 18.0. The van der Waals surface area contributed by atoms with Crippen molar-refractivity contribution < 1.29 is 33.4 Å². The van der Waals surface area contributed by atoms with Crippen LogP contribution in [0, 0.1) is 50.2 Å². The summed E-state index contributed by atoms with van der Waals surface area (Å²) in [5.41, 5.74) is 0.793. The quantitative estimate of drug-likeness (QED) is 0.116. The van der Waals surface area contributed by atoms with E-state index in [0.717, 1.165) is 64.2 Å². The van der Waals surface area contributed by atoms with Gasteiger partial charge in [-0.05, 0) is 117 Å². The van der Waals surface area contributed by atoms with Crippen molar-refractivity contribution in [1.82, 2.24) is 5.32 Å². The lowest BCUT2D eigenvalue weighted by Gasteiger charge is -2.71. The van der Waals surface area contributed by atoms with E-state index in [9.17, 15) is 19.2 Å². The van der Waals surface area contributed by atoms with E-state index in [4.69, 9.17) is 14.2 Å². The van der Waals surface area contributed by atoms with Gasteiger partial charge in [0.1, 0.15) is 12.7 Å². The monoisotopic (exact) mass is 669 g/mol. The summed E-state index contributed by atoms with van der Waals surface area (Å²) in [6, 6.07) is 0. The minimum absolute atomic E-state index is 0.0136. The Morgan fingerprint density at radius 1 is 0.854 bits per heavy atom. The van der Waals surface area contributed by atoms with Crippen molar-refractivity contribution in [2.24, 2.45) is 50.2 Å². The largest absolute Gasteiger partial charge is 0.466 e. The fourth-order valence-electron chi connectivity index (χ4n) is 12.1. The van der Waals surface area contributed by atoms with Gasteiger partial charge in [-0.3, -0.25) is 19.2 Å². The first kappa shape index (κ1) is 36.9. The van der Waals surface area contributed by atoms with Crippen molar-refractivity contribution in [3.8, 4) is 0 Å². The van der Waals surface area contributed by atoms with Crippen molar-refractivity contribution in [2.75, 3.05) is 19.8 Å². The second-order valence-electron chi connectivity index (χ2n) is 18.0. The minimum Gasteiger partial charge on any atom is -0.466 e. The molecule has 48 heavy (non-hydrogen) atoms. The Morgan fingerprint density at radius 3 is 2.23 bits per heavy atom. The van der Waals surface area contributed by atoms with Crippen LogP contribution < -0.4 is 5.32 Å². The maximum absolute atomic E-state index is 14.3. The molecule has 5 rings (SSSR count). The highest BCUT2D eigenvalue weighted by molar-refractivity contribution is 5.84. The molecule has 0 aromatic heterocycles. The molecule has 0 aromatic rings. The van der Waals surface area contributed by atoms with Gasteiger partial charge in [0.2, 0.25) is 5.91 Å². The number of ether oxygens (including phenoxy) is 3. The van der Waals surface area contributed by atoms with Gasteiger partial charge in [0.15, 0.2) is 0 Å². The van der Waals surface area contributed by atoms with Gasteiger partial charge in [0.05, 0.1) is 12.0 Å². The van der Waals surface area contributed by atoms with Crippen LogP contribution in [0.15, 0.2) is 11.6 Å². The van der Waals surface area contributed by atoms with E-state index in [1.807, 2.05) is 6.92 Å². The van der Waals surface area contributed by atoms with Gasteiger partial charge in [-0.25, -0.2) is 0 Å². The van der Waals surface area contributed by atoms with Crippen LogP contribution in [0.5, 0.6) is 0 Å². The molecule has 0 heterocycles. The molecule has 0 bridgehead atoms. The third-order valence-corrected chi connectivity index (χ3v) is 14.9. The molecule has 0 radical (unpaired) electrons. The number of rotatable bonds is 9. The van der Waals surface area contributed by atoms with E-state index < -0.39 is 10.8 Å². The van der Waals surface area contributed by atoms with Crippen LogP contribution >= 0.6 is 0 Å².